The van der Waals surface area contributed by atoms with Gasteiger partial charge in [0.05, 0.1) is 11.3 Å². The van der Waals surface area contributed by atoms with Crippen molar-refractivity contribution >= 4 is 34.5 Å². The number of carbonyl (C=O) groups is 1. The first-order valence-electron chi connectivity index (χ1n) is 12.0. The van der Waals surface area contributed by atoms with Gasteiger partial charge < -0.3 is 14.0 Å². The predicted molar refractivity (Wildman–Crippen MR) is 145 cm³/mol. The first kappa shape index (κ1) is 24.9. The van der Waals surface area contributed by atoms with Gasteiger partial charge in [0.1, 0.15) is 17.2 Å². The molecule has 0 fully saturated rings. The lowest BCUT2D eigenvalue weighted by Crippen LogP contribution is -2.18. The molecule has 4 aromatic rings. The van der Waals surface area contributed by atoms with Crippen LogP contribution in [0.25, 0.3) is 33.4 Å². The summed E-state index contributed by atoms with van der Waals surface area (Å²) in [5.74, 6) is -0.135. The molecule has 0 saturated carbocycles. The van der Waals surface area contributed by atoms with E-state index in [1.807, 2.05) is 24.3 Å². The molecule has 1 amide bonds. The highest BCUT2D eigenvalue weighted by atomic mass is 32.2. The average molecular weight is 491 g/mol. The van der Waals surface area contributed by atoms with Gasteiger partial charge in [0.15, 0.2) is 0 Å². The molecule has 182 valence electrons. The normalized spacial score (nSPS) is 11.1. The van der Waals surface area contributed by atoms with Gasteiger partial charge in [0.25, 0.3) is 5.91 Å². The van der Waals surface area contributed by atoms with Crippen molar-refractivity contribution in [2.45, 2.75) is 32.6 Å². The van der Waals surface area contributed by atoms with Gasteiger partial charge in [0, 0.05) is 42.4 Å². The fraction of sp³-hybridized carbons (Fsp3) is 0.276. The van der Waals surface area contributed by atoms with Crippen LogP contribution in [-0.4, -0.2) is 25.8 Å². The Bertz CT molecular complexity index is 1290. The van der Waals surface area contributed by atoms with E-state index in [2.05, 4.69) is 41.0 Å². The van der Waals surface area contributed by atoms with E-state index in [1.54, 1.807) is 31.1 Å². The second-order valence-corrected chi connectivity index (χ2v) is 9.28. The van der Waals surface area contributed by atoms with Gasteiger partial charge in [0.2, 0.25) is 0 Å². The molecule has 6 heteroatoms. The minimum Gasteiger partial charge on any atom is -0.455 e. The Hall–Kier alpha value is -3.25. The number of fused-ring (bicyclic) bond motifs is 1. The van der Waals surface area contributed by atoms with Crippen LogP contribution in [0, 0.1) is 5.82 Å². The molecule has 1 aromatic heterocycles. The van der Waals surface area contributed by atoms with Crippen LogP contribution in [0.4, 0.5) is 10.1 Å². The zero-order valence-electron chi connectivity index (χ0n) is 20.4. The largest absolute Gasteiger partial charge is 0.455 e. The molecule has 0 atom stereocenters. The van der Waals surface area contributed by atoms with Crippen LogP contribution < -0.4 is 9.62 Å². The zero-order chi connectivity index (χ0) is 24.8. The molecular formula is C29H31FN2O2S. The smallest absolute Gasteiger partial charge is 0.255 e. The number of amides is 1. The number of carbonyl (C=O) groups excluding carboxylic acids is 1. The van der Waals surface area contributed by atoms with Crippen LogP contribution in [0.3, 0.4) is 0 Å². The van der Waals surface area contributed by atoms with Gasteiger partial charge in [-0.3, -0.25) is 4.79 Å². The first-order chi connectivity index (χ1) is 17.1. The number of rotatable bonds is 10. The molecular weight excluding hydrogens is 459 g/mol. The summed E-state index contributed by atoms with van der Waals surface area (Å²) >= 11 is 1.69. The monoisotopic (exact) mass is 490 g/mol. The van der Waals surface area contributed by atoms with Gasteiger partial charge in [-0.05, 0) is 42.3 Å². The Morgan fingerprint density at radius 1 is 1.00 bits per heavy atom. The lowest BCUT2D eigenvalue weighted by molar-refractivity contribution is 0.0964. The van der Waals surface area contributed by atoms with Gasteiger partial charge >= 0.3 is 0 Å². The summed E-state index contributed by atoms with van der Waals surface area (Å²) in [4.78, 5) is 13.0. The topological polar surface area (TPSA) is 45.5 Å². The van der Waals surface area contributed by atoms with Crippen LogP contribution in [0.15, 0.2) is 71.1 Å². The van der Waals surface area contributed by atoms with Crippen LogP contribution in [0.5, 0.6) is 0 Å². The third-order valence-corrected chi connectivity index (χ3v) is 6.98. The van der Waals surface area contributed by atoms with E-state index in [-0.39, 0.29) is 11.7 Å². The fourth-order valence-corrected chi connectivity index (χ4v) is 4.99. The van der Waals surface area contributed by atoms with Gasteiger partial charge in [-0.2, -0.15) is 0 Å². The number of hydrogen-bond acceptors (Lipinski definition) is 4. The molecule has 0 unspecified atom stereocenters. The number of furan rings is 1. The third kappa shape index (κ3) is 5.38. The molecule has 1 heterocycles. The van der Waals surface area contributed by atoms with Gasteiger partial charge in [-0.1, -0.05) is 68.5 Å². The second kappa shape index (κ2) is 11.5. The summed E-state index contributed by atoms with van der Waals surface area (Å²) in [7, 11) is 1.61. The van der Waals surface area contributed by atoms with E-state index >= 15 is 0 Å². The minimum absolute atomic E-state index is 0.240. The predicted octanol–water partition coefficient (Wildman–Crippen LogP) is 7.93. The standard InChI is InChI=1S/C29H31FN2O2S/c1-4-5-6-10-17-32(35-3)25-19-26-24(18-23(25)20-11-8-7-9-12-20)27(29(33)31-2)28(34-26)21-13-15-22(30)16-14-21/h7-9,11-16,18-19H,4-6,10,17H2,1-3H3,(H,31,33). The van der Waals surface area contributed by atoms with E-state index in [4.69, 9.17) is 4.42 Å². The molecule has 0 radical (unpaired) electrons. The van der Waals surface area contributed by atoms with Crippen LogP contribution >= 0.6 is 11.9 Å². The van der Waals surface area contributed by atoms with Crippen molar-refractivity contribution in [3.8, 4) is 22.5 Å². The van der Waals surface area contributed by atoms with Crippen molar-refractivity contribution in [2.75, 3.05) is 24.2 Å². The molecule has 4 rings (SSSR count). The van der Waals surface area contributed by atoms with Crippen molar-refractivity contribution in [3.05, 3.63) is 78.1 Å². The summed E-state index contributed by atoms with van der Waals surface area (Å²) in [6.07, 6.45) is 6.79. The van der Waals surface area contributed by atoms with Gasteiger partial charge in [-0.15, -0.1) is 0 Å². The summed E-state index contributed by atoms with van der Waals surface area (Å²) in [6.45, 7) is 3.13. The Morgan fingerprint density at radius 3 is 2.40 bits per heavy atom. The Labute approximate surface area is 210 Å². The van der Waals surface area contributed by atoms with Crippen LogP contribution in [0.1, 0.15) is 43.0 Å². The lowest BCUT2D eigenvalue weighted by atomic mass is 9.98. The van der Waals surface area contributed by atoms with Crippen LogP contribution in [0.2, 0.25) is 0 Å². The molecule has 0 spiro atoms. The molecule has 0 aliphatic carbocycles. The van der Waals surface area contributed by atoms with E-state index in [1.165, 1.54) is 31.4 Å². The quantitative estimate of drug-likeness (QED) is 0.181. The number of nitrogens with zero attached hydrogens (tertiary/aromatic N) is 1. The highest BCUT2D eigenvalue weighted by molar-refractivity contribution is 8.00. The number of hydrogen-bond donors (Lipinski definition) is 1. The third-order valence-electron chi connectivity index (χ3n) is 6.16. The van der Waals surface area contributed by atoms with Crippen molar-refractivity contribution in [1.29, 1.82) is 0 Å². The Balaban J connectivity index is 1.92. The summed E-state index contributed by atoms with van der Waals surface area (Å²) < 4.78 is 22.2. The summed E-state index contributed by atoms with van der Waals surface area (Å²) in [5.41, 5.74) is 4.91. The van der Waals surface area contributed by atoms with E-state index in [0.29, 0.717) is 22.5 Å². The zero-order valence-corrected chi connectivity index (χ0v) is 21.3. The maximum absolute atomic E-state index is 13.6. The van der Waals surface area contributed by atoms with Crippen molar-refractivity contribution in [1.82, 2.24) is 5.32 Å². The molecule has 35 heavy (non-hydrogen) atoms. The molecule has 4 nitrogen and oxygen atoms in total. The molecule has 0 aliphatic heterocycles. The molecule has 0 aliphatic rings. The highest BCUT2D eigenvalue weighted by Crippen LogP contribution is 2.42. The maximum Gasteiger partial charge on any atom is 0.255 e. The van der Waals surface area contributed by atoms with E-state index in [9.17, 15) is 9.18 Å². The lowest BCUT2D eigenvalue weighted by Gasteiger charge is -2.24. The maximum atomic E-state index is 13.6. The van der Waals surface area contributed by atoms with Crippen molar-refractivity contribution in [3.63, 3.8) is 0 Å². The molecule has 1 N–H and O–H groups in total. The number of anilines is 1. The summed E-state index contributed by atoms with van der Waals surface area (Å²) in [6, 6.07) is 20.3. The van der Waals surface area contributed by atoms with Gasteiger partial charge in [-0.25, -0.2) is 4.39 Å². The molecule has 3 aromatic carbocycles. The average Bonchev–Trinajstić information content (AvgIpc) is 3.27. The molecule has 0 saturated heterocycles. The van der Waals surface area contributed by atoms with Crippen molar-refractivity contribution < 1.29 is 13.6 Å². The molecule has 0 bridgehead atoms. The fourth-order valence-electron chi connectivity index (χ4n) is 4.33. The first-order valence-corrected chi connectivity index (χ1v) is 13.2. The van der Waals surface area contributed by atoms with Crippen LogP contribution in [-0.2, 0) is 0 Å². The number of halogens is 1. The van der Waals surface area contributed by atoms with E-state index in [0.717, 1.165) is 35.2 Å². The highest BCUT2D eigenvalue weighted by Gasteiger charge is 2.24. The number of unbranched alkanes of at least 4 members (excludes halogenated alkanes) is 3. The number of nitrogens with one attached hydrogen (secondary N) is 1. The van der Waals surface area contributed by atoms with Crippen molar-refractivity contribution in [2.24, 2.45) is 0 Å². The minimum atomic E-state index is -0.335. The number of benzene rings is 3. The Kier molecular flexibility index (Phi) is 8.13. The van der Waals surface area contributed by atoms with E-state index < -0.39 is 0 Å². The SMILES string of the molecule is CCCCCCN(SC)c1cc2oc(-c3ccc(F)cc3)c(C(=O)NC)c2cc1-c1ccccc1. The summed E-state index contributed by atoms with van der Waals surface area (Å²) in [5, 5.41) is 3.48. The Morgan fingerprint density at radius 2 is 1.74 bits per heavy atom. The second-order valence-electron chi connectivity index (χ2n) is 8.47.